The second-order valence-corrected chi connectivity index (χ2v) is 3.93. The van der Waals surface area contributed by atoms with Gasteiger partial charge < -0.3 is 5.32 Å². The van der Waals surface area contributed by atoms with Crippen molar-refractivity contribution in [2.75, 3.05) is 5.32 Å². The number of rotatable bonds is 0. The van der Waals surface area contributed by atoms with Crippen LogP contribution in [0.3, 0.4) is 0 Å². The van der Waals surface area contributed by atoms with Crippen LogP contribution in [0.25, 0.3) is 5.03 Å². The lowest BCUT2D eigenvalue weighted by molar-refractivity contribution is 0.995. The Morgan fingerprint density at radius 3 is 3.27 bits per heavy atom. The molecule has 3 heteroatoms. The Balaban J connectivity index is 2.50. The van der Waals surface area contributed by atoms with Gasteiger partial charge in [0, 0.05) is 6.04 Å². The predicted molar refractivity (Wildman–Crippen MR) is 51.2 cm³/mol. The molecule has 0 amide bonds. The Labute approximate surface area is 74.7 Å². The second kappa shape index (κ2) is 2.54. The molecule has 0 radical (unpaired) electrons. The van der Waals surface area contributed by atoms with Crippen LogP contribution >= 0.6 is 22.9 Å². The standard InChI is InChI=1S/C8H8ClNS/c1-5-4-6(9)8-7(10-5)2-3-11-8/h2-5,10H,1H3. The highest BCUT2D eigenvalue weighted by molar-refractivity contribution is 7.12. The molecule has 1 atom stereocenters. The third-order valence-electron chi connectivity index (χ3n) is 1.66. The lowest BCUT2D eigenvalue weighted by Crippen LogP contribution is -2.15. The smallest absolute Gasteiger partial charge is 0.0685 e. The Bertz CT molecular complexity index is 303. The molecule has 0 bridgehead atoms. The van der Waals surface area contributed by atoms with Crippen molar-refractivity contribution in [1.82, 2.24) is 0 Å². The zero-order chi connectivity index (χ0) is 7.84. The maximum absolute atomic E-state index is 6.01. The molecule has 1 aliphatic rings. The zero-order valence-corrected chi connectivity index (χ0v) is 7.67. The minimum atomic E-state index is 0.351. The van der Waals surface area contributed by atoms with Gasteiger partial charge in [0.2, 0.25) is 0 Å². The number of hydrogen-bond donors (Lipinski definition) is 1. The average Bonchev–Trinajstić information content (AvgIpc) is 2.34. The molecule has 1 unspecified atom stereocenters. The van der Waals surface area contributed by atoms with Crippen LogP contribution in [0.5, 0.6) is 0 Å². The Morgan fingerprint density at radius 2 is 2.45 bits per heavy atom. The average molecular weight is 186 g/mol. The van der Waals surface area contributed by atoms with Gasteiger partial charge in [0.1, 0.15) is 0 Å². The van der Waals surface area contributed by atoms with Gasteiger partial charge in [0.25, 0.3) is 0 Å². The number of nitrogens with one attached hydrogen (secondary N) is 1. The molecule has 2 heterocycles. The Kier molecular flexibility index (Phi) is 1.66. The second-order valence-electron chi connectivity index (χ2n) is 2.61. The highest BCUT2D eigenvalue weighted by Gasteiger charge is 2.14. The van der Waals surface area contributed by atoms with E-state index in [9.17, 15) is 0 Å². The fourth-order valence-corrected chi connectivity index (χ4v) is 2.39. The first kappa shape index (κ1) is 7.19. The van der Waals surface area contributed by atoms with Crippen molar-refractivity contribution in [1.29, 1.82) is 0 Å². The number of fused-ring (bicyclic) bond motifs is 1. The summed E-state index contributed by atoms with van der Waals surface area (Å²) < 4.78 is 0. The topological polar surface area (TPSA) is 12.0 Å². The summed E-state index contributed by atoms with van der Waals surface area (Å²) in [5, 5.41) is 6.24. The van der Waals surface area contributed by atoms with Crippen LogP contribution in [-0.2, 0) is 0 Å². The van der Waals surface area contributed by atoms with Crippen molar-refractivity contribution in [2.45, 2.75) is 13.0 Å². The van der Waals surface area contributed by atoms with Crippen molar-refractivity contribution >= 4 is 33.7 Å². The highest BCUT2D eigenvalue weighted by atomic mass is 35.5. The minimum Gasteiger partial charge on any atom is -0.378 e. The molecule has 2 rings (SSSR count). The highest BCUT2D eigenvalue weighted by Crippen LogP contribution is 2.36. The van der Waals surface area contributed by atoms with Gasteiger partial charge in [0.05, 0.1) is 15.6 Å². The maximum Gasteiger partial charge on any atom is 0.0685 e. The molecular weight excluding hydrogens is 178 g/mol. The normalized spacial score (nSPS) is 22.0. The number of anilines is 1. The SMILES string of the molecule is CC1C=C(Cl)c2sccc2N1. The monoisotopic (exact) mass is 185 g/mol. The van der Waals surface area contributed by atoms with Crippen LogP contribution in [0.15, 0.2) is 17.5 Å². The van der Waals surface area contributed by atoms with E-state index in [0.717, 1.165) is 15.6 Å². The van der Waals surface area contributed by atoms with E-state index in [0.29, 0.717) is 6.04 Å². The molecule has 1 aromatic heterocycles. The van der Waals surface area contributed by atoms with Gasteiger partial charge in [-0.15, -0.1) is 11.3 Å². The molecule has 0 spiro atoms. The van der Waals surface area contributed by atoms with Gasteiger partial charge >= 0.3 is 0 Å². The maximum atomic E-state index is 6.01. The molecule has 0 saturated carbocycles. The van der Waals surface area contributed by atoms with E-state index in [1.807, 2.05) is 11.5 Å². The minimum absolute atomic E-state index is 0.351. The van der Waals surface area contributed by atoms with Crippen molar-refractivity contribution in [3.63, 3.8) is 0 Å². The zero-order valence-electron chi connectivity index (χ0n) is 6.10. The van der Waals surface area contributed by atoms with Crippen LogP contribution in [0.2, 0.25) is 0 Å². The quantitative estimate of drug-likeness (QED) is 0.655. The lowest BCUT2D eigenvalue weighted by atomic mass is 10.2. The third-order valence-corrected chi connectivity index (χ3v) is 3.04. The summed E-state index contributed by atoms with van der Waals surface area (Å²) in [6, 6.07) is 2.41. The fourth-order valence-electron chi connectivity index (χ4n) is 1.19. The summed E-state index contributed by atoms with van der Waals surface area (Å²) in [6.07, 6.45) is 2.03. The number of thiophene rings is 1. The lowest BCUT2D eigenvalue weighted by Gasteiger charge is -2.17. The Hall–Kier alpha value is -0.470. The molecule has 11 heavy (non-hydrogen) atoms. The molecular formula is C8H8ClNS. The summed E-state index contributed by atoms with van der Waals surface area (Å²) in [7, 11) is 0. The summed E-state index contributed by atoms with van der Waals surface area (Å²) in [5.41, 5.74) is 1.16. The van der Waals surface area contributed by atoms with E-state index in [1.165, 1.54) is 0 Å². The largest absolute Gasteiger partial charge is 0.378 e. The molecule has 0 aliphatic carbocycles. The molecule has 58 valence electrons. The first-order valence-electron chi connectivity index (χ1n) is 3.49. The Morgan fingerprint density at radius 1 is 1.64 bits per heavy atom. The van der Waals surface area contributed by atoms with Gasteiger partial charge in [-0.05, 0) is 24.4 Å². The molecule has 0 fully saturated rings. The molecule has 0 saturated heterocycles. The van der Waals surface area contributed by atoms with E-state index >= 15 is 0 Å². The van der Waals surface area contributed by atoms with Crippen molar-refractivity contribution in [3.05, 3.63) is 22.4 Å². The van der Waals surface area contributed by atoms with Gasteiger partial charge in [-0.3, -0.25) is 0 Å². The van der Waals surface area contributed by atoms with E-state index < -0.39 is 0 Å². The first-order chi connectivity index (χ1) is 5.27. The number of halogens is 1. The van der Waals surface area contributed by atoms with Crippen LogP contribution in [-0.4, -0.2) is 6.04 Å². The first-order valence-corrected chi connectivity index (χ1v) is 4.75. The van der Waals surface area contributed by atoms with Crippen LogP contribution in [0, 0.1) is 0 Å². The van der Waals surface area contributed by atoms with Crippen molar-refractivity contribution in [3.8, 4) is 0 Å². The third kappa shape index (κ3) is 1.17. The van der Waals surface area contributed by atoms with Crippen LogP contribution in [0.1, 0.15) is 11.8 Å². The van der Waals surface area contributed by atoms with E-state index in [-0.39, 0.29) is 0 Å². The molecule has 1 nitrogen and oxygen atoms in total. The van der Waals surface area contributed by atoms with Crippen LogP contribution < -0.4 is 5.32 Å². The fraction of sp³-hybridized carbons (Fsp3) is 0.250. The number of hydrogen-bond acceptors (Lipinski definition) is 2. The van der Waals surface area contributed by atoms with E-state index in [1.54, 1.807) is 11.3 Å². The van der Waals surface area contributed by atoms with Crippen molar-refractivity contribution in [2.24, 2.45) is 0 Å². The summed E-state index contributed by atoms with van der Waals surface area (Å²) in [4.78, 5) is 1.16. The summed E-state index contributed by atoms with van der Waals surface area (Å²) >= 11 is 7.69. The van der Waals surface area contributed by atoms with Gasteiger partial charge in [-0.25, -0.2) is 0 Å². The summed E-state index contributed by atoms with van der Waals surface area (Å²) in [5.74, 6) is 0. The van der Waals surface area contributed by atoms with E-state index in [2.05, 4.69) is 18.3 Å². The molecule has 1 aromatic rings. The van der Waals surface area contributed by atoms with Gasteiger partial charge in [-0.1, -0.05) is 11.6 Å². The molecule has 1 aliphatic heterocycles. The van der Waals surface area contributed by atoms with E-state index in [4.69, 9.17) is 11.6 Å². The van der Waals surface area contributed by atoms with Crippen molar-refractivity contribution < 1.29 is 0 Å². The molecule has 0 aromatic carbocycles. The van der Waals surface area contributed by atoms with Gasteiger partial charge in [-0.2, -0.15) is 0 Å². The molecule has 1 N–H and O–H groups in total. The predicted octanol–water partition coefficient (Wildman–Crippen LogP) is 3.14. The summed E-state index contributed by atoms with van der Waals surface area (Å²) in [6.45, 7) is 2.09. The van der Waals surface area contributed by atoms with Crippen LogP contribution in [0.4, 0.5) is 5.69 Å². The van der Waals surface area contributed by atoms with Gasteiger partial charge in [0.15, 0.2) is 0 Å².